The molecule has 7 aromatic carbocycles. The maximum Gasteiger partial charge on any atom is 0.227 e. The van der Waals surface area contributed by atoms with Crippen molar-refractivity contribution in [3.05, 3.63) is 176 Å². The first-order valence-corrected chi connectivity index (χ1v) is 16.4. The van der Waals surface area contributed by atoms with Crippen LogP contribution in [0.25, 0.3) is 89.5 Å². The zero-order valence-electron chi connectivity index (χ0n) is 26.5. The molecule has 0 fully saturated rings. The van der Waals surface area contributed by atoms with Gasteiger partial charge in [0.25, 0.3) is 0 Å². The maximum absolute atomic E-state index is 6.44. The summed E-state index contributed by atoms with van der Waals surface area (Å²) in [5.74, 6) is 1.30. The van der Waals surface area contributed by atoms with E-state index in [2.05, 4.69) is 109 Å². The number of aromatic nitrogens is 3. The lowest BCUT2D eigenvalue weighted by Crippen LogP contribution is -1.97. The highest BCUT2D eigenvalue weighted by atomic mass is 16.3. The van der Waals surface area contributed by atoms with Crippen molar-refractivity contribution in [2.45, 2.75) is 0 Å². The van der Waals surface area contributed by atoms with Crippen LogP contribution in [0.15, 0.2) is 180 Å². The van der Waals surface area contributed by atoms with Gasteiger partial charge in [-0.3, -0.25) is 0 Å². The van der Waals surface area contributed by atoms with Crippen LogP contribution in [0, 0.1) is 0 Å². The zero-order valence-corrected chi connectivity index (χ0v) is 26.5. The molecule has 4 heteroatoms. The van der Waals surface area contributed by atoms with E-state index < -0.39 is 0 Å². The number of hydrogen-bond acceptors (Lipinski definition) is 4. The fraction of sp³-hybridized carbons (Fsp3) is 0. The number of benzene rings is 7. The van der Waals surface area contributed by atoms with Gasteiger partial charge >= 0.3 is 0 Å². The zero-order chi connectivity index (χ0) is 32.6. The Labute approximate surface area is 284 Å². The number of oxazole rings is 1. The van der Waals surface area contributed by atoms with Crippen LogP contribution < -0.4 is 0 Å². The van der Waals surface area contributed by atoms with Crippen LogP contribution in [0.1, 0.15) is 0 Å². The third-order valence-corrected chi connectivity index (χ3v) is 8.97. The molecular weight excluding hydrogens is 599 g/mol. The largest absolute Gasteiger partial charge is 0.435 e. The number of rotatable bonds is 6. The molecule has 2 heterocycles. The fourth-order valence-corrected chi connectivity index (χ4v) is 6.54. The van der Waals surface area contributed by atoms with E-state index >= 15 is 0 Å². The molecule has 0 amide bonds. The molecule has 0 N–H and O–H groups in total. The highest BCUT2D eigenvalue weighted by molar-refractivity contribution is 6.08. The minimum absolute atomic E-state index is 0.614. The lowest BCUT2D eigenvalue weighted by Gasteiger charge is -2.14. The standard InChI is InChI=1S/C45H29N3O/c1-4-13-30(14-5-1)31-23-25-32(26-24-31)41-29-42(47-44(46-41)33-15-6-2-7-16-33)38-28-27-37(35-19-10-11-20-36(35)38)39-21-12-22-40-43(39)49-45(48-40)34-17-8-3-9-18-34/h1-29H. The Morgan fingerprint density at radius 1 is 0.347 bits per heavy atom. The van der Waals surface area contributed by atoms with Crippen LogP contribution in [-0.2, 0) is 0 Å². The third kappa shape index (κ3) is 5.35. The van der Waals surface area contributed by atoms with Gasteiger partial charge < -0.3 is 4.42 Å². The lowest BCUT2D eigenvalue weighted by atomic mass is 9.93. The molecule has 0 saturated heterocycles. The second-order valence-electron chi connectivity index (χ2n) is 12.0. The van der Waals surface area contributed by atoms with Crippen molar-refractivity contribution in [2.75, 3.05) is 0 Å². The van der Waals surface area contributed by atoms with Crippen molar-refractivity contribution in [3.8, 4) is 67.6 Å². The predicted molar refractivity (Wildman–Crippen MR) is 200 cm³/mol. The Hall–Kier alpha value is -6.65. The first kappa shape index (κ1) is 28.6. The predicted octanol–water partition coefficient (Wildman–Crippen LogP) is 11.8. The Bertz CT molecular complexity index is 2580. The van der Waals surface area contributed by atoms with Crippen molar-refractivity contribution in [2.24, 2.45) is 0 Å². The number of nitrogens with zero attached hydrogens (tertiary/aromatic N) is 3. The van der Waals surface area contributed by atoms with Gasteiger partial charge in [-0.25, -0.2) is 15.0 Å². The summed E-state index contributed by atoms with van der Waals surface area (Å²) in [5, 5.41) is 2.21. The van der Waals surface area contributed by atoms with Crippen LogP contribution in [0.4, 0.5) is 0 Å². The van der Waals surface area contributed by atoms with Crippen LogP contribution >= 0.6 is 0 Å². The maximum atomic E-state index is 6.44. The lowest BCUT2D eigenvalue weighted by molar-refractivity contribution is 0.621. The van der Waals surface area contributed by atoms with Crippen molar-refractivity contribution >= 4 is 21.9 Å². The van der Waals surface area contributed by atoms with E-state index in [1.54, 1.807) is 0 Å². The highest BCUT2D eigenvalue weighted by Crippen LogP contribution is 2.40. The van der Waals surface area contributed by atoms with E-state index in [0.29, 0.717) is 11.7 Å². The molecule has 4 nitrogen and oxygen atoms in total. The summed E-state index contributed by atoms with van der Waals surface area (Å²) in [7, 11) is 0. The first-order valence-electron chi connectivity index (χ1n) is 16.4. The van der Waals surface area contributed by atoms with E-state index in [4.69, 9.17) is 19.4 Å². The van der Waals surface area contributed by atoms with Crippen molar-refractivity contribution in [1.82, 2.24) is 15.0 Å². The summed E-state index contributed by atoms with van der Waals surface area (Å²) < 4.78 is 6.44. The van der Waals surface area contributed by atoms with Gasteiger partial charge in [-0.05, 0) is 51.7 Å². The normalized spacial score (nSPS) is 11.3. The summed E-state index contributed by atoms with van der Waals surface area (Å²) in [4.78, 5) is 15.1. The second kappa shape index (κ2) is 12.2. The van der Waals surface area contributed by atoms with Gasteiger partial charge in [0.1, 0.15) is 5.52 Å². The smallest absolute Gasteiger partial charge is 0.227 e. The first-order chi connectivity index (χ1) is 24.3. The Morgan fingerprint density at radius 2 is 0.898 bits per heavy atom. The van der Waals surface area contributed by atoms with Gasteiger partial charge in [0.2, 0.25) is 5.89 Å². The molecular formula is C45H29N3O. The molecule has 0 saturated carbocycles. The topological polar surface area (TPSA) is 51.8 Å². The van der Waals surface area contributed by atoms with Gasteiger partial charge in [0.05, 0.1) is 11.4 Å². The molecule has 0 atom stereocenters. The number of para-hydroxylation sites is 1. The van der Waals surface area contributed by atoms with Crippen LogP contribution in [0.2, 0.25) is 0 Å². The van der Waals surface area contributed by atoms with Gasteiger partial charge in [-0.1, -0.05) is 152 Å². The third-order valence-electron chi connectivity index (χ3n) is 8.97. The molecule has 0 aliphatic carbocycles. The molecule has 0 unspecified atom stereocenters. The molecule has 0 aliphatic heterocycles. The highest BCUT2D eigenvalue weighted by Gasteiger charge is 2.18. The van der Waals surface area contributed by atoms with Crippen molar-refractivity contribution in [3.63, 3.8) is 0 Å². The van der Waals surface area contributed by atoms with E-state index in [1.165, 1.54) is 11.1 Å². The van der Waals surface area contributed by atoms with Crippen molar-refractivity contribution < 1.29 is 4.42 Å². The van der Waals surface area contributed by atoms with Crippen LogP contribution in [0.5, 0.6) is 0 Å². The Balaban J connectivity index is 1.19. The number of hydrogen-bond donors (Lipinski definition) is 0. The molecule has 0 aliphatic rings. The fourth-order valence-electron chi connectivity index (χ4n) is 6.54. The summed E-state index contributed by atoms with van der Waals surface area (Å²) in [5.41, 5.74) is 11.8. The molecule has 9 aromatic rings. The van der Waals surface area contributed by atoms with E-state index in [1.807, 2.05) is 66.7 Å². The average molecular weight is 628 g/mol. The quantitative estimate of drug-likeness (QED) is 0.184. The van der Waals surface area contributed by atoms with E-state index in [0.717, 1.165) is 66.6 Å². The van der Waals surface area contributed by atoms with Gasteiger partial charge in [0.15, 0.2) is 11.4 Å². The second-order valence-corrected chi connectivity index (χ2v) is 12.0. The summed E-state index contributed by atoms with van der Waals surface area (Å²) >= 11 is 0. The molecule has 2 aromatic heterocycles. The number of fused-ring (bicyclic) bond motifs is 2. The van der Waals surface area contributed by atoms with E-state index in [-0.39, 0.29) is 0 Å². The van der Waals surface area contributed by atoms with Crippen molar-refractivity contribution in [1.29, 1.82) is 0 Å². The molecule has 49 heavy (non-hydrogen) atoms. The summed E-state index contributed by atoms with van der Waals surface area (Å²) in [6.07, 6.45) is 0. The van der Waals surface area contributed by atoms with Gasteiger partial charge in [-0.15, -0.1) is 0 Å². The Kier molecular flexibility index (Phi) is 7.10. The molecule has 0 spiro atoms. The molecule has 9 rings (SSSR count). The minimum Gasteiger partial charge on any atom is -0.435 e. The summed E-state index contributed by atoms with van der Waals surface area (Å²) in [6.45, 7) is 0. The molecule has 0 radical (unpaired) electrons. The Morgan fingerprint density at radius 3 is 1.61 bits per heavy atom. The van der Waals surface area contributed by atoms with Gasteiger partial charge in [0, 0.05) is 27.8 Å². The molecule has 0 bridgehead atoms. The minimum atomic E-state index is 0.614. The molecule has 230 valence electrons. The SMILES string of the molecule is c1ccc(-c2ccc(-c3cc(-c4ccc(-c5cccc6nc(-c7ccccc7)oc56)c5ccccc45)nc(-c4ccccc4)n3)cc2)cc1. The van der Waals surface area contributed by atoms with Crippen LogP contribution in [0.3, 0.4) is 0 Å². The monoisotopic (exact) mass is 627 g/mol. The van der Waals surface area contributed by atoms with Gasteiger partial charge in [-0.2, -0.15) is 0 Å². The summed E-state index contributed by atoms with van der Waals surface area (Å²) in [6, 6.07) is 60.4. The average Bonchev–Trinajstić information content (AvgIpc) is 3.64. The van der Waals surface area contributed by atoms with Crippen LogP contribution in [-0.4, -0.2) is 15.0 Å². The van der Waals surface area contributed by atoms with E-state index in [9.17, 15) is 0 Å².